The summed E-state index contributed by atoms with van der Waals surface area (Å²) in [5.74, 6) is 1.19. The van der Waals surface area contributed by atoms with Crippen LogP contribution in [-0.4, -0.2) is 47.6 Å². The maximum Gasteiger partial charge on any atom is 0.160 e. The minimum absolute atomic E-state index is 0.130. The second-order valence-electron chi connectivity index (χ2n) is 6.86. The van der Waals surface area contributed by atoms with Gasteiger partial charge in [-0.25, -0.2) is 0 Å². The van der Waals surface area contributed by atoms with Gasteiger partial charge in [0.15, 0.2) is 23.0 Å². The molecule has 28 heavy (non-hydrogen) atoms. The molecule has 6 nitrogen and oxygen atoms in total. The molecule has 2 aromatic carbocycles. The van der Waals surface area contributed by atoms with Crippen molar-refractivity contribution in [2.45, 2.75) is 38.8 Å². The van der Waals surface area contributed by atoms with Crippen LogP contribution in [0.15, 0.2) is 36.4 Å². The van der Waals surface area contributed by atoms with E-state index >= 15 is 0 Å². The Bertz CT molecular complexity index is 679. The summed E-state index contributed by atoms with van der Waals surface area (Å²) < 4.78 is 10.4. The molecule has 3 N–H and O–H groups in total. The van der Waals surface area contributed by atoms with E-state index in [2.05, 4.69) is 4.90 Å². The van der Waals surface area contributed by atoms with Crippen LogP contribution in [0.25, 0.3) is 0 Å². The van der Waals surface area contributed by atoms with Crippen LogP contribution in [-0.2, 0) is 13.1 Å². The number of nitrogens with zero attached hydrogens (tertiary/aromatic N) is 1. The second kappa shape index (κ2) is 11.4. The summed E-state index contributed by atoms with van der Waals surface area (Å²) in [6, 6.07) is 10.8. The predicted molar refractivity (Wildman–Crippen MR) is 109 cm³/mol. The highest BCUT2D eigenvalue weighted by molar-refractivity contribution is 5.42. The molecule has 0 aromatic heterocycles. The van der Waals surface area contributed by atoms with Crippen LogP contribution >= 0.6 is 0 Å². The van der Waals surface area contributed by atoms with Gasteiger partial charge >= 0.3 is 0 Å². The fourth-order valence-electron chi connectivity index (χ4n) is 3.17. The van der Waals surface area contributed by atoms with Crippen molar-refractivity contribution in [1.82, 2.24) is 4.90 Å². The SMILES string of the molecule is COc1cc(CN(CCCCCCO)Cc2ccc(O)c(OC)c2)ccc1O. The summed E-state index contributed by atoms with van der Waals surface area (Å²) in [5.41, 5.74) is 2.10. The van der Waals surface area contributed by atoms with Gasteiger partial charge in [0.1, 0.15) is 0 Å². The van der Waals surface area contributed by atoms with E-state index in [0.29, 0.717) is 24.6 Å². The zero-order valence-electron chi connectivity index (χ0n) is 16.7. The Morgan fingerprint density at radius 1 is 0.750 bits per heavy atom. The summed E-state index contributed by atoms with van der Waals surface area (Å²) in [4.78, 5) is 2.32. The largest absolute Gasteiger partial charge is 0.504 e. The van der Waals surface area contributed by atoms with E-state index in [4.69, 9.17) is 14.6 Å². The highest BCUT2D eigenvalue weighted by Crippen LogP contribution is 2.29. The van der Waals surface area contributed by atoms with Gasteiger partial charge in [-0.05, 0) is 54.8 Å². The van der Waals surface area contributed by atoms with Crippen LogP contribution in [0.2, 0.25) is 0 Å². The minimum atomic E-state index is 0.130. The highest BCUT2D eigenvalue weighted by atomic mass is 16.5. The average Bonchev–Trinajstić information content (AvgIpc) is 2.70. The number of hydrogen-bond acceptors (Lipinski definition) is 6. The van der Waals surface area contributed by atoms with Crippen LogP contribution < -0.4 is 9.47 Å². The molecule has 0 unspecified atom stereocenters. The fraction of sp³-hybridized carbons (Fsp3) is 0.455. The molecule has 0 spiro atoms. The van der Waals surface area contributed by atoms with Crippen LogP contribution in [0.4, 0.5) is 0 Å². The number of hydrogen-bond donors (Lipinski definition) is 3. The van der Waals surface area contributed by atoms with Crippen molar-refractivity contribution in [3.05, 3.63) is 47.5 Å². The van der Waals surface area contributed by atoms with Crippen LogP contribution in [0, 0.1) is 0 Å². The molecule has 0 amide bonds. The molecule has 154 valence electrons. The molecule has 0 bridgehead atoms. The van der Waals surface area contributed by atoms with Crippen molar-refractivity contribution in [2.24, 2.45) is 0 Å². The van der Waals surface area contributed by atoms with Gasteiger partial charge in [0.25, 0.3) is 0 Å². The van der Waals surface area contributed by atoms with Gasteiger partial charge in [0.05, 0.1) is 14.2 Å². The molecular weight excluding hydrogens is 358 g/mol. The molecule has 2 rings (SSSR count). The first-order chi connectivity index (χ1) is 13.6. The quantitative estimate of drug-likeness (QED) is 0.481. The number of aliphatic hydroxyl groups is 1. The van der Waals surface area contributed by atoms with E-state index in [1.54, 1.807) is 26.4 Å². The van der Waals surface area contributed by atoms with Crippen LogP contribution in [0.3, 0.4) is 0 Å². The highest BCUT2D eigenvalue weighted by Gasteiger charge is 2.11. The number of aromatic hydroxyl groups is 2. The van der Waals surface area contributed by atoms with Crippen LogP contribution in [0.1, 0.15) is 36.8 Å². The van der Waals surface area contributed by atoms with E-state index in [-0.39, 0.29) is 18.1 Å². The first kappa shape index (κ1) is 21.9. The van der Waals surface area contributed by atoms with Gasteiger partial charge < -0.3 is 24.8 Å². The Labute approximate surface area is 167 Å². The standard InChI is InChI=1S/C22H31NO5/c1-27-21-13-17(7-9-19(21)25)15-23(11-5-3-4-6-12-24)16-18-8-10-20(26)22(14-18)28-2/h7-10,13-14,24-26H,3-6,11-12,15-16H2,1-2H3. The Hall–Kier alpha value is -2.44. The minimum Gasteiger partial charge on any atom is -0.504 e. The third kappa shape index (κ3) is 6.62. The van der Waals surface area contributed by atoms with Crippen molar-refractivity contribution in [3.8, 4) is 23.0 Å². The van der Waals surface area contributed by atoms with Gasteiger partial charge in [0.2, 0.25) is 0 Å². The Kier molecular flexibility index (Phi) is 8.91. The van der Waals surface area contributed by atoms with E-state index in [9.17, 15) is 10.2 Å². The molecule has 0 aliphatic carbocycles. The molecule has 6 heteroatoms. The Balaban J connectivity index is 2.09. The maximum atomic E-state index is 9.82. The molecule has 0 aliphatic rings. The molecule has 0 radical (unpaired) electrons. The number of ether oxygens (including phenoxy) is 2. The molecule has 0 fully saturated rings. The zero-order valence-corrected chi connectivity index (χ0v) is 16.7. The lowest BCUT2D eigenvalue weighted by Crippen LogP contribution is -2.24. The number of phenols is 2. The van der Waals surface area contributed by atoms with Crippen molar-refractivity contribution in [1.29, 1.82) is 0 Å². The number of methoxy groups -OCH3 is 2. The Morgan fingerprint density at radius 2 is 1.25 bits per heavy atom. The van der Waals surface area contributed by atoms with Gasteiger partial charge in [-0.2, -0.15) is 0 Å². The molecule has 0 heterocycles. The molecule has 2 aromatic rings. The average molecular weight is 389 g/mol. The zero-order chi connectivity index (χ0) is 20.4. The van der Waals surface area contributed by atoms with E-state index in [0.717, 1.165) is 43.4 Å². The van der Waals surface area contributed by atoms with Gasteiger partial charge in [0, 0.05) is 19.7 Å². The van der Waals surface area contributed by atoms with Crippen LogP contribution in [0.5, 0.6) is 23.0 Å². The third-order valence-corrected chi connectivity index (χ3v) is 4.68. The van der Waals surface area contributed by atoms with E-state index in [1.807, 2.05) is 24.3 Å². The lowest BCUT2D eigenvalue weighted by molar-refractivity contribution is 0.244. The molecule has 0 saturated carbocycles. The van der Waals surface area contributed by atoms with Gasteiger partial charge in [-0.15, -0.1) is 0 Å². The molecule has 0 atom stereocenters. The first-order valence-electron chi connectivity index (χ1n) is 9.62. The Morgan fingerprint density at radius 3 is 1.71 bits per heavy atom. The summed E-state index contributed by atoms with van der Waals surface area (Å²) >= 11 is 0. The fourth-order valence-corrected chi connectivity index (χ4v) is 3.17. The first-order valence-corrected chi connectivity index (χ1v) is 9.62. The number of phenolic OH excluding ortho intramolecular Hbond substituents is 2. The van der Waals surface area contributed by atoms with Gasteiger partial charge in [-0.1, -0.05) is 25.0 Å². The normalized spacial score (nSPS) is 11.0. The lowest BCUT2D eigenvalue weighted by atomic mass is 10.1. The predicted octanol–water partition coefficient (Wildman–Crippen LogP) is 3.67. The summed E-state index contributed by atoms with van der Waals surface area (Å²) in [6.07, 6.45) is 3.95. The summed E-state index contributed by atoms with van der Waals surface area (Å²) in [6.45, 7) is 2.56. The van der Waals surface area contributed by atoms with Crippen molar-refractivity contribution >= 4 is 0 Å². The van der Waals surface area contributed by atoms with E-state index in [1.165, 1.54) is 0 Å². The second-order valence-corrected chi connectivity index (χ2v) is 6.86. The molecule has 0 saturated heterocycles. The van der Waals surface area contributed by atoms with Crippen molar-refractivity contribution in [3.63, 3.8) is 0 Å². The summed E-state index contributed by atoms with van der Waals surface area (Å²) in [7, 11) is 3.08. The number of unbranched alkanes of at least 4 members (excludes halogenated alkanes) is 3. The maximum absolute atomic E-state index is 9.82. The smallest absolute Gasteiger partial charge is 0.160 e. The van der Waals surface area contributed by atoms with E-state index < -0.39 is 0 Å². The molecule has 0 aliphatic heterocycles. The monoisotopic (exact) mass is 389 g/mol. The number of rotatable bonds is 12. The topological polar surface area (TPSA) is 82.4 Å². The summed E-state index contributed by atoms with van der Waals surface area (Å²) in [5, 5.41) is 28.6. The van der Waals surface area contributed by atoms with Gasteiger partial charge in [-0.3, -0.25) is 4.90 Å². The number of aliphatic hydroxyl groups excluding tert-OH is 1. The molecular formula is C22H31NO5. The number of benzene rings is 2. The van der Waals surface area contributed by atoms with Crippen molar-refractivity contribution in [2.75, 3.05) is 27.4 Å². The van der Waals surface area contributed by atoms with Crippen molar-refractivity contribution < 1.29 is 24.8 Å². The lowest BCUT2D eigenvalue weighted by Gasteiger charge is -2.23. The third-order valence-electron chi connectivity index (χ3n) is 4.68.